The van der Waals surface area contributed by atoms with Crippen LogP contribution >= 0.6 is 0 Å². The Bertz CT molecular complexity index is 796. The van der Waals surface area contributed by atoms with E-state index in [1.54, 1.807) is 13.3 Å². The molecular formula is C13H18N8O. The van der Waals surface area contributed by atoms with Crippen molar-refractivity contribution < 1.29 is 4.74 Å². The van der Waals surface area contributed by atoms with Crippen LogP contribution in [0.5, 0.6) is 5.75 Å². The van der Waals surface area contributed by atoms with Crippen LogP contribution in [0.4, 0.5) is 11.5 Å². The maximum Gasteiger partial charge on any atom is 0.212 e. The molecule has 0 unspecified atom stereocenters. The zero-order valence-electron chi connectivity index (χ0n) is 12.8. The largest absolute Gasteiger partial charge is 0.491 e. The van der Waals surface area contributed by atoms with Gasteiger partial charge in [-0.05, 0) is 13.3 Å². The van der Waals surface area contributed by atoms with Crippen molar-refractivity contribution in [2.24, 2.45) is 10.2 Å². The molecule has 116 valence electrons. The van der Waals surface area contributed by atoms with E-state index in [0.29, 0.717) is 22.9 Å². The van der Waals surface area contributed by atoms with Gasteiger partial charge in [-0.25, -0.2) is 4.52 Å². The number of hydrogen-bond donors (Lipinski definition) is 2. The summed E-state index contributed by atoms with van der Waals surface area (Å²) in [6.45, 7) is 4.08. The molecule has 0 bridgehead atoms. The Kier molecular flexibility index (Phi) is 3.86. The second-order valence-electron chi connectivity index (χ2n) is 4.95. The van der Waals surface area contributed by atoms with E-state index in [9.17, 15) is 0 Å². The highest BCUT2D eigenvalue weighted by atomic mass is 16.5. The quantitative estimate of drug-likeness (QED) is 0.682. The van der Waals surface area contributed by atoms with E-state index >= 15 is 0 Å². The van der Waals surface area contributed by atoms with Crippen molar-refractivity contribution in [3.8, 4) is 5.75 Å². The van der Waals surface area contributed by atoms with E-state index < -0.39 is 0 Å². The summed E-state index contributed by atoms with van der Waals surface area (Å²) in [6.07, 6.45) is 4.61. The number of unbranched alkanes of at least 4 members (excludes halogenated alkanes) is 1. The van der Waals surface area contributed by atoms with Gasteiger partial charge in [-0.15, -0.1) is 20.4 Å². The minimum absolute atomic E-state index is 0.465. The zero-order valence-corrected chi connectivity index (χ0v) is 12.8. The standard InChI is InChI=1S/C13H18N8O/c1-4-5-6-10-15-19-13-11(8(2)20-21(10)13)16-18-12-9(22-3)7-14-17-12/h7,20H,4-6H2,1-3H3,(H,14,17). The molecule has 2 N–H and O–H groups in total. The molecule has 0 atom stereocenters. The van der Waals surface area contributed by atoms with Gasteiger partial charge in [0.05, 0.1) is 19.0 Å². The van der Waals surface area contributed by atoms with Crippen LogP contribution < -0.4 is 4.74 Å². The maximum atomic E-state index is 5.13. The summed E-state index contributed by atoms with van der Waals surface area (Å²) in [6, 6.07) is 0. The van der Waals surface area contributed by atoms with Crippen LogP contribution in [0, 0.1) is 6.92 Å². The number of ether oxygens (including phenoxy) is 1. The number of nitrogens with zero attached hydrogens (tertiary/aromatic N) is 6. The van der Waals surface area contributed by atoms with Crippen molar-refractivity contribution in [3.05, 3.63) is 17.7 Å². The van der Waals surface area contributed by atoms with Crippen LogP contribution in [0.25, 0.3) is 5.65 Å². The Morgan fingerprint density at radius 2 is 2.18 bits per heavy atom. The van der Waals surface area contributed by atoms with Gasteiger partial charge in [-0.3, -0.25) is 10.2 Å². The van der Waals surface area contributed by atoms with Crippen LogP contribution in [0.1, 0.15) is 31.3 Å². The fourth-order valence-corrected chi connectivity index (χ4v) is 2.18. The van der Waals surface area contributed by atoms with Crippen LogP contribution in [-0.4, -0.2) is 37.1 Å². The van der Waals surface area contributed by atoms with Crippen LogP contribution in [0.3, 0.4) is 0 Å². The predicted molar refractivity (Wildman–Crippen MR) is 80.0 cm³/mol. The number of hydrogen-bond acceptors (Lipinski definition) is 6. The lowest BCUT2D eigenvalue weighted by atomic mass is 10.2. The van der Waals surface area contributed by atoms with Gasteiger partial charge in [0.15, 0.2) is 17.3 Å². The first-order valence-electron chi connectivity index (χ1n) is 7.16. The van der Waals surface area contributed by atoms with Crippen molar-refractivity contribution in [3.63, 3.8) is 0 Å². The molecule has 0 saturated heterocycles. The summed E-state index contributed by atoms with van der Waals surface area (Å²) >= 11 is 0. The van der Waals surface area contributed by atoms with Crippen LogP contribution in [0.15, 0.2) is 16.4 Å². The first kappa shape index (κ1) is 14.2. The average molecular weight is 302 g/mol. The molecule has 0 aliphatic heterocycles. The number of azo groups is 1. The van der Waals surface area contributed by atoms with Crippen molar-refractivity contribution in [2.45, 2.75) is 33.1 Å². The highest BCUT2D eigenvalue weighted by molar-refractivity contribution is 5.66. The Morgan fingerprint density at radius 1 is 1.32 bits per heavy atom. The molecule has 0 spiro atoms. The molecule has 3 aromatic rings. The third-order valence-electron chi connectivity index (χ3n) is 3.39. The molecule has 3 aromatic heterocycles. The van der Waals surface area contributed by atoms with E-state index in [2.05, 4.69) is 42.6 Å². The summed E-state index contributed by atoms with van der Waals surface area (Å²) in [5, 5.41) is 26.6. The Hall–Kier alpha value is -2.71. The van der Waals surface area contributed by atoms with Crippen LogP contribution in [-0.2, 0) is 6.42 Å². The Labute approximate surface area is 126 Å². The second-order valence-corrected chi connectivity index (χ2v) is 4.95. The fourth-order valence-electron chi connectivity index (χ4n) is 2.18. The molecule has 0 aliphatic rings. The number of aromatic nitrogens is 6. The van der Waals surface area contributed by atoms with Gasteiger partial charge in [-0.1, -0.05) is 13.3 Å². The number of aromatic amines is 2. The summed E-state index contributed by atoms with van der Waals surface area (Å²) in [7, 11) is 1.56. The van der Waals surface area contributed by atoms with E-state index in [1.165, 1.54) is 0 Å². The molecule has 0 aromatic carbocycles. The average Bonchev–Trinajstić information content (AvgIpc) is 3.19. The van der Waals surface area contributed by atoms with Crippen molar-refractivity contribution in [2.75, 3.05) is 7.11 Å². The Balaban J connectivity index is 1.94. The third-order valence-corrected chi connectivity index (χ3v) is 3.39. The van der Waals surface area contributed by atoms with Gasteiger partial charge < -0.3 is 4.74 Å². The summed E-state index contributed by atoms with van der Waals surface area (Å²) in [5.74, 6) is 1.91. The molecular weight excluding hydrogens is 284 g/mol. The van der Waals surface area contributed by atoms with Crippen molar-refractivity contribution in [1.82, 2.24) is 30.0 Å². The second kappa shape index (κ2) is 5.96. The lowest BCUT2D eigenvalue weighted by Crippen LogP contribution is -1.95. The highest BCUT2D eigenvalue weighted by Gasteiger charge is 2.15. The minimum Gasteiger partial charge on any atom is -0.491 e. The summed E-state index contributed by atoms with van der Waals surface area (Å²) in [4.78, 5) is 0. The van der Waals surface area contributed by atoms with Crippen molar-refractivity contribution in [1.29, 1.82) is 0 Å². The van der Waals surface area contributed by atoms with E-state index in [4.69, 9.17) is 4.74 Å². The molecule has 9 nitrogen and oxygen atoms in total. The predicted octanol–water partition coefficient (Wildman–Crippen LogP) is 2.86. The first-order chi connectivity index (χ1) is 10.7. The van der Waals surface area contributed by atoms with Gasteiger partial charge >= 0.3 is 0 Å². The monoisotopic (exact) mass is 302 g/mol. The van der Waals surface area contributed by atoms with Gasteiger partial charge in [0.2, 0.25) is 11.5 Å². The molecule has 9 heteroatoms. The number of fused-ring (bicyclic) bond motifs is 1. The minimum atomic E-state index is 0.465. The molecule has 22 heavy (non-hydrogen) atoms. The number of aryl methyl sites for hydroxylation is 2. The third kappa shape index (κ3) is 2.45. The lowest BCUT2D eigenvalue weighted by molar-refractivity contribution is 0.416. The topological polar surface area (TPSA) is 109 Å². The fraction of sp³-hybridized carbons (Fsp3) is 0.462. The first-order valence-corrected chi connectivity index (χ1v) is 7.16. The molecule has 0 saturated carbocycles. The Morgan fingerprint density at radius 3 is 2.95 bits per heavy atom. The number of rotatable bonds is 6. The maximum absolute atomic E-state index is 5.13. The van der Waals surface area contributed by atoms with Gasteiger partial charge in [0.25, 0.3) is 0 Å². The summed E-state index contributed by atoms with van der Waals surface area (Å²) < 4.78 is 7.00. The van der Waals surface area contributed by atoms with Crippen LogP contribution in [0.2, 0.25) is 0 Å². The number of H-pyrrole nitrogens is 2. The highest BCUT2D eigenvalue weighted by Crippen LogP contribution is 2.29. The van der Waals surface area contributed by atoms with E-state index in [0.717, 1.165) is 30.8 Å². The summed E-state index contributed by atoms with van der Waals surface area (Å²) in [5.41, 5.74) is 2.21. The smallest absolute Gasteiger partial charge is 0.212 e. The van der Waals surface area contributed by atoms with Gasteiger partial charge in [0, 0.05) is 6.42 Å². The zero-order chi connectivity index (χ0) is 15.5. The SMILES string of the molecule is CCCCc1nnc2c(N=Nc3[nH]ncc3OC)c(C)[nH]n12. The molecule has 0 radical (unpaired) electrons. The molecule has 0 aliphatic carbocycles. The molecule has 3 rings (SSSR count). The molecule has 0 fully saturated rings. The normalized spacial score (nSPS) is 11.8. The van der Waals surface area contributed by atoms with Crippen molar-refractivity contribution >= 4 is 17.2 Å². The molecule has 3 heterocycles. The van der Waals surface area contributed by atoms with Gasteiger partial charge in [-0.2, -0.15) is 5.10 Å². The molecule has 0 amide bonds. The number of nitrogens with one attached hydrogen (secondary N) is 2. The number of methoxy groups -OCH3 is 1. The van der Waals surface area contributed by atoms with Gasteiger partial charge in [0.1, 0.15) is 0 Å². The lowest BCUT2D eigenvalue weighted by Gasteiger charge is -1.94. The van der Waals surface area contributed by atoms with E-state index in [-0.39, 0.29) is 0 Å². The van der Waals surface area contributed by atoms with E-state index in [1.807, 2.05) is 11.4 Å².